The smallest absolute Gasteiger partial charge is 0.0541 e. The minimum Gasteiger partial charge on any atom is -0.313 e. The monoisotopic (exact) mass is 486 g/mol. The maximum Gasteiger partial charge on any atom is 0.0541 e. The molecule has 0 bridgehead atoms. The molecule has 7 aromatic rings. The third-order valence-electron chi connectivity index (χ3n) is 7.97. The lowest BCUT2D eigenvalue weighted by molar-refractivity contribution is 0.979. The zero-order valence-electron chi connectivity index (χ0n) is 21.0. The van der Waals surface area contributed by atoms with Crippen LogP contribution in [0.4, 0.5) is 0 Å². The van der Waals surface area contributed by atoms with E-state index in [4.69, 9.17) is 0 Å². The standard InChI is InChI=1S/C36H26N2/c1-3-11-27(12-4-1)37-33-17-9-7-15-29(33)31-23-25(19-21-35(31)37)26-20-22-36-32(24-26)30-16-8-10-18-34(30)38(36)28-13-5-2-6-14-28/h1-5,7-13,15-24H,6,14H2. The van der Waals surface area contributed by atoms with Crippen molar-refractivity contribution in [3.05, 3.63) is 133 Å². The van der Waals surface area contributed by atoms with Crippen molar-refractivity contribution in [2.24, 2.45) is 0 Å². The Morgan fingerprint density at radius 3 is 1.66 bits per heavy atom. The normalized spacial score (nSPS) is 13.6. The molecule has 0 amide bonds. The van der Waals surface area contributed by atoms with Gasteiger partial charge in [0.05, 0.1) is 22.1 Å². The predicted octanol–water partition coefficient (Wildman–Crippen LogP) is 9.75. The molecule has 0 radical (unpaired) electrons. The van der Waals surface area contributed by atoms with E-state index in [1.165, 1.54) is 66.1 Å². The van der Waals surface area contributed by atoms with Gasteiger partial charge in [0.1, 0.15) is 0 Å². The van der Waals surface area contributed by atoms with E-state index in [0.717, 1.165) is 12.8 Å². The number of fused-ring (bicyclic) bond motifs is 6. The minimum atomic E-state index is 1.06. The topological polar surface area (TPSA) is 9.86 Å². The van der Waals surface area contributed by atoms with Crippen molar-refractivity contribution in [1.29, 1.82) is 0 Å². The molecule has 0 fully saturated rings. The van der Waals surface area contributed by atoms with Crippen molar-refractivity contribution in [2.75, 3.05) is 0 Å². The van der Waals surface area contributed by atoms with E-state index < -0.39 is 0 Å². The highest BCUT2D eigenvalue weighted by atomic mass is 15.0. The number of hydrogen-bond acceptors (Lipinski definition) is 0. The lowest BCUT2D eigenvalue weighted by Gasteiger charge is -2.14. The quantitative estimate of drug-likeness (QED) is 0.235. The Morgan fingerprint density at radius 1 is 0.474 bits per heavy atom. The van der Waals surface area contributed by atoms with Crippen LogP contribution < -0.4 is 0 Å². The van der Waals surface area contributed by atoms with Crippen LogP contribution in [0.5, 0.6) is 0 Å². The van der Waals surface area contributed by atoms with E-state index in [1.54, 1.807) is 0 Å². The van der Waals surface area contributed by atoms with E-state index >= 15 is 0 Å². The molecule has 2 heterocycles. The van der Waals surface area contributed by atoms with Crippen LogP contribution in [0, 0.1) is 0 Å². The molecule has 0 unspecified atom stereocenters. The van der Waals surface area contributed by atoms with Crippen LogP contribution in [0.25, 0.3) is 66.1 Å². The molecule has 0 aliphatic heterocycles. The molecule has 1 aliphatic rings. The summed E-state index contributed by atoms with van der Waals surface area (Å²) in [6.07, 6.45) is 8.86. The second-order valence-corrected chi connectivity index (χ2v) is 10.1. The fourth-order valence-corrected chi connectivity index (χ4v) is 6.25. The molecule has 2 aromatic heterocycles. The molecule has 0 saturated heterocycles. The van der Waals surface area contributed by atoms with E-state index in [2.05, 4.69) is 143 Å². The van der Waals surface area contributed by atoms with E-state index in [-0.39, 0.29) is 0 Å². The van der Waals surface area contributed by atoms with Crippen LogP contribution in [0.1, 0.15) is 12.8 Å². The molecule has 0 saturated carbocycles. The highest BCUT2D eigenvalue weighted by molar-refractivity contribution is 6.13. The van der Waals surface area contributed by atoms with Gasteiger partial charge >= 0.3 is 0 Å². The van der Waals surface area contributed by atoms with E-state index in [1.807, 2.05) is 0 Å². The van der Waals surface area contributed by atoms with Crippen LogP contribution >= 0.6 is 0 Å². The zero-order chi connectivity index (χ0) is 25.1. The molecule has 5 aromatic carbocycles. The molecule has 38 heavy (non-hydrogen) atoms. The molecule has 0 N–H and O–H groups in total. The summed E-state index contributed by atoms with van der Waals surface area (Å²) in [4.78, 5) is 0. The number of aromatic nitrogens is 2. The Morgan fingerprint density at radius 2 is 1.03 bits per heavy atom. The fourth-order valence-electron chi connectivity index (χ4n) is 6.25. The van der Waals surface area contributed by atoms with Crippen molar-refractivity contribution in [3.63, 3.8) is 0 Å². The van der Waals surface area contributed by atoms with Crippen molar-refractivity contribution in [3.8, 4) is 16.8 Å². The lowest BCUT2D eigenvalue weighted by Crippen LogP contribution is -1.98. The SMILES string of the molecule is C1=CCCC(n2c3ccccc3c3cc(-c4ccc5c(c4)c4ccccc4n5-c4ccccc4)ccc32)=C1. The van der Waals surface area contributed by atoms with Gasteiger partial charge in [-0.15, -0.1) is 0 Å². The third-order valence-corrected chi connectivity index (χ3v) is 7.97. The Labute approximate surface area is 221 Å². The number of nitrogens with zero attached hydrogens (tertiary/aromatic N) is 2. The molecule has 8 rings (SSSR count). The van der Waals surface area contributed by atoms with Crippen LogP contribution in [-0.2, 0) is 0 Å². The first-order chi connectivity index (χ1) is 18.9. The summed E-state index contributed by atoms with van der Waals surface area (Å²) in [6, 6.07) is 42.1. The molecular weight excluding hydrogens is 460 g/mol. The summed E-state index contributed by atoms with van der Waals surface area (Å²) in [5.74, 6) is 0. The first kappa shape index (κ1) is 21.3. The van der Waals surface area contributed by atoms with Crippen molar-refractivity contribution in [1.82, 2.24) is 9.13 Å². The average Bonchev–Trinajstić information content (AvgIpc) is 3.50. The number of para-hydroxylation sites is 3. The second kappa shape index (κ2) is 8.36. The van der Waals surface area contributed by atoms with Crippen molar-refractivity contribution in [2.45, 2.75) is 12.8 Å². The Hall–Kier alpha value is -4.82. The summed E-state index contributed by atoms with van der Waals surface area (Å²) < 4.78 is 4.83. The molecule has 0 atom stereocenters. The van der Waals surface area contributed by atoms with Gasteiger partial charge < -0.3 is 9.13 Å². The maximum absolute atomic E-state index is 2.45. The molecular formula is C36H26N2. The predicted molar refractivity (Wildman–Crippen MR) is 162 cm³/mol. The third kappa shape index (κ3) is 3.13. The number of rotatable bonds is 3. The number of benzene rings is 5. The second-order valence-electron chi connectivity index (χ2n) is 10.1. The molecule has 0 spiro atoms. The zero-order valence-corrected chi connectivity index (χ0v) is 21.0. The summed E-state index contributed by atoms with van der Waals surface area (Å²) >= 11 is 0. The van der Waals surface area contributed by atoms with Gasteiger partial charge in [-0.1, -0.05) is 78.9 Å². The van der Waals surface area contributed by atoms with Crippen LogP contribution in [-0.4, -0.2) is 9.13 Å². The summed E-state index contributed by atoms with van der Waals surface area (Å²) in [7, 11) is 0. The minimum absolute atomic E-state index is 1.06. The summed E-state index contributed by atoms with van der Waals surface area (Å²) in [5.41, 5.74) is 10.1. The first-order valence-corrected chi connectivity index (χ1v) is 13.4. The Bertz CT molecular complexity index is 2070. The average molecular weight is 487 g/mol. The highest BCUT2D eigenvalue weighted by Crippen LogP contribution is 2.38. The Balaban J connectivity index is 1.35. The lowest BCUT2D eigenvalue weighted by atomic mass is 10.0. The van der Waals surface area contributed by atoms with Crippen LogP contribution in [0.15, 0.2) is 133 Å². The largest absolute Gasteiger partial charge is 0.313 e. The van der Waals surface area contributed by atoms with Gasteiger partial charge in [-0.3, -0.25) is 0 Å². The molecule has 180 valence electrons. The fraction of sp³-hybridized carbons (Fsp3) is 0.0556. The van der Waals surface area contributed by atoms with Gasteiger partial charge in [0.15, 0.2) is 0 Å². The van der Waals surface area contributed by atoms with Gasteiger partial charge in [0, 0.05) is 32.9 Å². The van der Waals surface area contributed by atoms with E-state index in [9.17, 15) is 0 Å². The van der Waals surface area contributed by atoms with Gasteiger partial charge in [-0.2, -0.15) is 0 Å². The van der Waals surface area contributed by atoms with Crippen molar-refractivity contribution < 1.29 is 0 Å². The Kier molecular flexibility index (Phi) is 4.68. The van der Waals surface area contributed by atoms with Gasteiger partial charge in [0.2, 0.25) is 0 Å². The van der Waals surface area contributed by atoms with Crippen LogP contribution in [0.2, 0.25) is 0 Å². The van der Waals surface area contributed by atoms with Crippen LogP contribution in [0.3, 0.4) is 0 Å². The number of hydrogen-bond donors (Lipinski definition) is 0. The first-order valence-electron chi connectivity index (χ1n) is 13.4. The number of allylic oxidation sites excluding steroid dienone is 4. The van der Waals surface area contributed by atoms with Gasteiger partial charge in [-0.25, -0.2) is 0 Å². The van der Waals surface area contributed by atoms with E-state index in [0.29, 0.717) is 0 Å². The van der Waals surface area contributed by atoms with Crippen molar-refractivity contribution >= 4 is 49.3 Å². The maximum atomic E-state index is 2.45. The molecule has 1 aliphatic carbocycles. The summed E-state index contributed by atoms with van der Waals surface area (Å²) in [6.45, 7) is 0. The molecule has 2 nitrogen and oxygen atoms in total. The van der Waals surface area contributed by atoms with Gasteiger partial charge in [0.25, 0.3) is 0 Å². The molecule has 2 heteroatoms. The highest BCUT2D eigenvalue weighted by Gasteiger charge is 2.16. The summed E-state index contributed by atoms with van der Waals surface area (Å²) in [5, 5.41) is 5.17. The van der Waals surface area contributed by atoms with Gasteiger partial charge in [-0.05, 0) is 78.6 Å².